The fraction of sp³-hybridized carbons (Fsp3) is 0.571. The van der Waals surface area contributed by atoms with Crippen molar-refractivity contribution in [3.8, 4) is 0 Å². The molecule has 1 rings (SSSR count). The highest BCUT2D eigenvalue weighted by Crippen LogP contribution is 2.20. The summed E-state index contributed by atoms with van der Waals surface area (Å²) < 4.78 is 0. The van der Waals surface area contributed by atoms with Gasteiger partial charge < -0.3 is 15.7 Å². The molecule has 0 aliphatic heterocycles. The third kappa shape index (κ3) is 4.02. The summed E-state index contributed by atoms with van der Waals surface area (Å²) in [5.41, 5.74) is 8.00. The molecule has 0 aliphatic carbocycles. The highest BCUT2D eigenvalue weighted by atomic mass is 16.3. The molecule has 1 aromatic rings. The Morgan fingerprint density at radius 1 is 1.35 bits per heavy atom. The highest BCUT2D eigenvalue weighted by Gasteiger charge is 2.18. The lowest BCUT2D eigenvalue weighted by Gasteiger charge is -2.29. The Hall–Kier alpha value is -1.06. The molecule has 1 aromatic carbocycles. The SMILES string of the molecule is CCN(CCC(C)(N)CO)c1ccccc1C. The molecule has 0 spiro atoms. The van der Waals surface area contributed by atoms with Crippen molar-refractivity contribution >= 4 is 5.69 Å². The fourth-order valence-electron chi connectivity index (χ4n) is 1.84. The fourth-order valence-corrected chi connectivity index (χ4v) is 1.84. The molecular weight excluding hydrogens is 212 g/mol. The van der Waals surface area contributed by atoms with Crippen molar-refractivity contribution in [1.29, 1.82) is 0 Å². The molecular formula is C14H24N2O. The molecule has 1 unspecified atom stereocenters. The van der Waals surface area contributed by atoms with Crippen molar-refractivity contribution in [3.05, 3.63) is 29.8 Å². The number of rotatable bonds is 6. The minimum absolute atomic E-state index is 0.0261. The second-order valence-electron chi connectivity index (χ2n) is 4.93. The predicted octanol–water partition coefficient (Wildman–Crippen LogP) is 1.92. The summed E-state index contributed by atoms with van der Waals surface area (Å²) in [5, 5.41) is 9.16. The monoisotopic (exact) mass is 236 g/mol. The summed E-state index contributed by atoms with van der Waals surface area (Å²) in [6, 6.07) is 8.35. The lowest BCUT2D eigenvalue weighted by atomic mass is 10.00. The number of aliphatic hydroxyl groups is 1. The van der Waals surface area contributed by atoms with Gasteiger partial charge in [-0.25, -0.2) is 0 Å². The van der Waals surface area contributed by atoms with E-state index in [0.29, 0.717) is 0 Å². The van der Waals surface area contributed by atoms with E-state index < -0.39 is 5.54 Å². The van der Waals surface area contributed by atoms with Gasteiger partial charge in [0, 0.05) is 24.3 Å². The van der Waals surface area contributed by atoms with E-state index in [4.69, 9.17) is 10.8 Å². The first-order chi connectivity index (χ1) is 8.00. The summed E-state index contributed by atoms with van der Waals surface area (Å²) in [6.45, 7) is 7.99. The van der Waals surface area contributed by atoms with E-state index >= 15 is 0 Å². The van der Waals surface area contributed by atoms with Crippen LogP contribution in [-0.2, 0) is 0 Å². The van der Waals surface area contributed by atoms with E-state index in [-0.39, 0.29) is 6.61 Å². The topological polar surface area (TPSA) is 49.5 Å². The molecule has 3 N–H and O–H groups in total. The minimum atomic E-state index is -0.490. The summed E-state index contributed by atoms with van der Waals surface area (Å²) in [7, 11) is 0. The zero-order chi connectivity index (χ0) is 12.9. The molecule has 0 bridgehead atoms. The van der Waals surface area contributed by atoms with Crippen LogP contribution in [0.5, 0.6) is 0 Å². The van der Waals surface area contributed by atoms with Gasteiger partial charge in [-0.2, -0.15) is 0 Å². The molecule has 17 heavy (non-hydrogen) atoms. The number of para-hydroxylation sites is 1. The van der Waals surface area contributed by atoms with Gasteiger partial charge in [0.05, 0.1) is 6.61 Å². The molecule has 0 amide bonds. The molecule has 1 atom stereocenters. The van der Waals surface area contributed by atoms with Crippen LogP contribution in [0.1, 0.15) is 25.8 Å². The first kappa shape index (κ1) is 14.0. The number of hydrogen-bond acceptors (Lipinski definition) is 3. The zero-order valence-electron chi connectivity index (χ0n) is 11.1. The Morgan fingerprint density at radius 3 is 2.53 bits per heavy atom. The van der Waals surface area contributed by atoms with E-state index in [9.17, 15) is 0 Å². The number of hydrogen-bond donors (Lipinski definition) is 2. The van der Waals surface area contributed by atoms with E-state index in [0.717, 1.165) is 19.5 Å². The van der Waals surface area contributed by atoms with Crippen LogP contribution in [0.4, 0.5) is 5.69 Å². The summed E-state index contributed by atoms with van der Waals surface area (Å²) in [4.78, 5) is 2.30. The lowest BCUT2D eigenvalue weighted by Crippen LogP contribution is -2.43. The van der Waals surface area contributed by atoms with Crippen LogP contribution in [0.25, 0.3) is 0 Å². The number of aryl methyl sites for hydroxylation is 1. The summed E-state index contributed by atoms with van der Waals surface area (Å²) in [6.07, 6.45) is 0.783. The maximum atomic E-state index is 9.16. The van der Waals surface area contributed by atoms with Crippen LogP contribution in [-0.4, -0.2) is 30.3 Å². The molecule has 0 saturated heterocycles. The molecule has 0 aliphatic rings. The van der Waals surface area contributed by atoms with Crippen LogP contribution >= 0.6 is 0 Å². The number of anilines is 1. The van der Waals surface area contributed by atoms with E-state index in [1.165, 1.54) is 11.3 Å². The molecule has 3 nitrogen and oxygen atoms in total. The van der Waals surface area contributed by atoms with E-state index in [1.807, 2.05) is 13.0 Å². The molecule has 3 heteroatoms. The maximum Gasteiger partial charge on any atom is 0.0609 e. The average Bonchev–Trinajstić information content (AvgIpc) is 2.32. The molecule has 0 heterocycles. The Bertz CT molecular complexity index is 350. The van der Waals surface area contributed by atoms with Gasteiger partial charge in [-0.15, -0.1) is 0 Å². The molecule has 0 fully saturated rings. The van der Waals surface area contributed by atoms with Crippen LogP contribution in [0.2, 0.25) is 0 Å². The first-order valence-corrected chi connectivity index (χ1v) is 6.20. The first-order valence-electron chi connectivity index (χ1n) is 6.20. The van der Waals surface area contributed by atoms with Crippen molar-refractivity contribution in [2.45, 2.75) is 32.7 Å². The van der Waals surface area contributed by atoms with Gasteiger partial charge in [0.25, 0.3) is 0 Å². The van der Waals surface area contributed by atoms with Crippen molar-refractivity contribution < 1.29 is 5.11 Å². The van der Waals surface area contributed by atoms with E-state index in [1.54, 1.807) is 0 Å². The lowest BCUT2D eigenvalue weighted by molar-refractivity contribution is 0.202. The van der Waals surface area contributed by atoms with Crippen LogP contribution in [0, 0.1) is 6.92 Å². The standard InChI is InChI=1S/C14H24N2O/c1-4-16(10-9-14(3,15)11-17)13-8-6-5-7-12(13)2/h5-8,17H,4,9-11,15H2,1-3H3. The number of aliphatic hydroxyl groups excluding tert-OH is 1. The second kappa shape index (κ2) is 6.03. The maximum absolute atomic E-state index is 9.16. The molecule has 0 radical (unpaired) electrons. The third-order valence-corrected chi connectivity index (χ3v) is 3.15. The molecule has 96 valence electrons. The number of benzene rings is 1. The van der Waals surface area contributed by atoms with Crippen LogP contribution in [0.15, 0.2) is 24.3 Å². The smallest absolute Gasteiger partial charge is 0.0609 e. The van der Waals surface area contributed by atoms with Gasteiger partial charge in [-0.3, -0.25) is 0 Å². The van der Waals surface area contributed by atoms with E-state index in [2.05, 4.69) is 36.9 Å². The molecule has 0 aromatic heterocycles. The number of nitrogens with zero attached hydrogens (tertiary/aromatic N) is 1. The Labute approximate surface area is 104 Å². The Kier molecular flexibility index (Phi) is 4.97. The van der Waals surface area contributed by atoms with Gasteiger partial charge in [-0.05, 0) is 38.8 Å². The van der Waals surface area contributed by atoms with Crippen molar-refractivity contribution in [3.63, 3.8) is 0 Å². The van der Waals surface area contributed by atoms with Crippen molar-refractivity contribution in [1.82, 2.24) is 0 Å². The second-order valence-corrected chi connectivity index (χ2v) is 4.93. The Balaban J connectivity index is 2.70. The van der Waals surface area contributed by atoms with Gasteiger partial charge >= 0.3 is 0 Å². The Morgan fingerprint density at radius 2 is 2.00 bits per heavy atom. The predicted molar refractivity (Wildman–Crippen MR) is 73.4 cm³/mol. The normalized spacial score (nSPS) is 14.4. The quantitative estimate of drug-likeness (QED) is 0.793. The van der Waals surface area contributed by atoms with Crippen molar-refractivity contribution in [2.75, 3.05) is 24.6 Å². The molecule has 0 saturated carbocycles. The van der Waals surface area contributed by atoms with Gasteiger partial charge in [0.15, 0.2) is 0 Å². The summed E-state index contributed by atoms with van der Waals surface area (Å²) in [5.74, 6) is 0. The van der Waals surface area contributed by atoms with Crippen molar-refractivity contribution in [2.24, 2.45) is 5.73 Å². The zero-order valence-corrected chi connectivity index (χ0v) is 11.1. The minimum Gasteiger partial charge on any atom is -0.394 e. The summed E-state index contributed by atoms with van der Waals surface area (Å²) >= 11 is 0. The van der Waals surface area contributed by atoms with Crippen LogP contribution in [0.3, 0.4) is 0 Å². The van der Waals surface area contributed by atoms with Gasteiger partial charge in [0.2, 0.25) is 0 Å². The number of nitrogens with two attached hydrogens (primary N) is 1. The largest absolute Gasteiger partial charge is 0.394 e. The van der Waals surface area contributed by atoms with Crippen LogP contribution < -0.4 is 10.6 Å². The third-order valence-electron chi connectivity index (χ3n) is 3.15. The van der Waals surface area contributed by atoms with Gasteiger partial charge in [0.1, 0.15) is 0 Å². The highest BCUT2D eigenvalue weighted by molar-refractivity contribution is 5.52. The van der Waals surface area contributed by atoms with Gasteiger partial charge in [-0.1, -0.05) is 18.2 Å². The average molecular weight is 236 g/mol.